The van der Waals surface area contributed by atoms with E-state index in [0.29, 0.717) is 6.54 Å². The van der Waals surface area contributed by atoms with E-state index in [2.05, 4.69) is 10.1 Å². The fourth-order valence-electron chi connectivity index (χ4n) is 1.26. The van der Waals surface area contributed by atoms with Gasteiger partial charge in [0.1, 0.15) is 5.71 Å². The van der Waals surface area contributed by atoms with Gasteiger partial charge in [0.25, 0.3) is 0 Å². The molecule has 0 aromatic rings. The van der Waals surface area contributed by atoms with Crippen LogP contribution in [0.5, 0.6) is 0 Å². The Morgan fingerprint density at radius 2 is 2.13 bits per heavy atom. The highest BCUT2D eigenvalue weighted by atomic mass is 16.2. The van der Waals surface area contributed by atoms with E-state index in [1.807, 2.05) is 21.0 Å². The molecule has 6 heteroatoms. The lowest BCUT2D eigenvalue weighted by Crippen LogP contribution is -2.53. The summed E-state index contributed by atoms with van der Waals surface area (Å²) in [6.45, 7) is 2.36. The van der Waals surface area contributed by atoms with Crippen LogP contribution in [0, 0.1) is 0 Å². The van der Waals surface area contributed by atoms with Gasteiger partial charge in [0, 0.05) is 28.2 Å². The van der Waals surface area contributed by atoms with E-state index in [1.165, 1.54) is 5.01 Å². The monoisotopic (exact) mass is 211 g/mol. The van der Waals surface area contributed by atoms with Crippen LogP contribution in [-0.4, -0.2) is 67.2 Å². The molecular formula is C9H17N5O. The van der Waals surface area contributed by atoms with Crippen molar-refractivity contribution in [2.45, 2.75) is 6.92 Å². The van der Waals surface area contributed by atoms with Crippen molar-refractivity contribution in [1.29, 1.82) is 0 Å². The van der Waals surface area contributed by atoms with E-state index in [9.17, 15) is 4.79 Å². The van der Waals surface area contributed by atoms with Crippen molar-refractivity contribution < 1.29 is 4.79 Å². The molecule has 0 aromatic heterocycles. The summed E-state index contributed by atoms with van der Waals surface area (Å²) < 4.78 is 0. The molecular weight excluding hydrogens is 194 g/mol. The summed E-state index contributed by atoms with van der Waals surface area (Å²) in [5.74, 6) is 0. The molecule has 0 N–H and O–H groups in total. The van der Waals surface area contributed by atoms with Crippen molar-refractivity contribution in [3.05, 3.63) is 0 Å². The van der Waals surface area contributed by atoms with E-state index in [-0.39, 0.29) is 6.03 Å². The maximum absolute atomic E-state index is 11.7. The van der Waals surface area contributed by atoms with Crippen LogP contribution < -0.4 is 0 Å². The molecule has 0 spiro atoms. The van der Waals surface area contributed by atoms with Crippen LogP contribution in [0.4, 0.5) is 4.79 Å². The third-order valence-corrected chi connectivity index (χ3v) is 2.30. The SMILES string of the molecule is C/N=C(\C)C1=NN(C)C(=O)N(N(C)C)C1. The molecule has 0 atom stereocenters. The van der Waals surface area contributed by atoms with Crippen LogP contribution in [0.1, 0.15) is 6.92 Å². The Morgan fingerprint density at radius 3 is 2.60 bits per heavy atom. The van der Waals surface area contributed by atoms with Crippen LogP contribution in [0.3, 0.4) is 0 Å². The molecule has 84 valence electrons. The fraction of sp³-hybridized carbons (Fsp3) is 0.667. The zero-order chi connectivity index (χ0) is 11.6. The summed E-state index contributed by atoms with van der Waals surface area (Å²) in [6, 6.07) is -0.132. The summed E-state index contributed by atoms with van der Waals surface area (Å²) in [4.78, 5) is 15.8. The third kappa shape index (κ3) is 2.33. The molecule has 1 rings (SSSR count). The number of nitrogens with zero attached hydrogens (tertiary/aromatic N) is 5. The average Bonchev–Trinajstić information content (AvgIpc) is 2.20. The lowest BCUT2D eigenvalue weighted by atomic mass is 10.2. The number of hydrogen-bond acceptors (Lipinski definition) is 4. The van der Waals surface area contributed by atoms with Gasteiger partial charge >= 0.3 is 6.03 Å². The molecule has 1 aliphatic heterocycles. The van der Waals surface area contributed by atoms with Gasteiger partial charge in [0.2, 0.25) is 0 Å². The van der Waals surface area contributed by atoms with Crippen molar-refractivity contribution in [3.8, 4) is 0 Å². The zero-order valence-corrected chi connectivity index (χ0v) is 9.85. The normalized spacial score (nSPS) is 18.7. The predicted octanol–water partition coefficient (Wildman–Crippen LogP) is 0.277. The molecule has 0 fully saturated rings. The van der Waals surface area contributed by atoms with Crippen molar-refractivity contribution in [1.82, 2.24) is 15.0 Å². The van der Waals surface area contributed by atoms with Gasteiger partial charge in [-0.15, -0.1) is 0 Å². The van der Waals surface area contributed by atoms with Gasteiger partial charge in [-0.05, 0) is 6.92 Å². The topological polar surface area (TPSA) is 51.5 Å². The predicted molar refractivity (Wildman–Crippen MR) is 60.0 cm³/mol. The smallest absolute Gasteiger partial charge is 0.291 e. The Hall–Kier alpha value is -1.43. The first-order valence-corrected chi connectivity index (χ1v) is 4.71. The van der Waals surface area contributed by atoms with Crippen molar-refractivity contribution in [2.24, 2.45) is 10.1 Å². The van der Waals surface area contributed by atoms with E-state index < -0.39 is 0 Å². The third-order valence-electron chi connectivity index (χ3n) is 2.30. The highest BCUT2D eigenvalue weighted by Gasteiger charge is 2.27. The molecule has 1 heterocycles. The van der Waals surface area contributed by atoms with Gasteiger partial charge in [-0.3, -0.25) is 4.99 Å². The Kier molecular flexibility index (Phi) is 3.41. The summed E-state index contributed by atoms with van der Waals surface area (Å²) in [5, 5.41) is 8.85. The second kappa shape index (κ2) is 4.39. The molecule has 2 amide bonds. The second-order valence-electron chi connectivity index (χ2n) is 3.57. The summed E-state index contributed by atoms with van der Waals surface area (Å²) in [7, 11) is 7.01. The van der Waals surface area contributed by atoms with Crippen LogP contribution in [0.25, 0.3) is 0 Å². The molecule has 0 bridgehead atoms. The number of urea groups is 1. The van der Waals surface area contributed by atoms with E-state index >= 15 is 0 Å². The van der Waals surface area contributed by atoms with Gasteiger partial charge in [0.05, 0.1) is 12.3 Å². The van der Waals surface area contributed by atoms with Crippen molar-refractivity contribution >= 4 is 17.5 Å². The number of carbonyl (C=O) groups excluding carboxylic acids is 1. The second-order valence-corrected chi connectivity index (χ2v) is 3.57. The highest BCUT2D eigenvalue weighted by Crippen LogP contribution is 2.07. The molecule has 0 aromatic carbocycles. The van der Waals surface area contributed by atoms with E-state index in [4.69, 9.17) is 0 Å². The number of amides is 2. The number of rotatable bonds is 2. The van der Waals surface area contributed by atoms with Gasteiger partial charge < -0.3 is 0 Å². The molecule has 15 heavy (non-hydrogen) atoms. The number of hydrazine groups is 1. The number of hydrogen-bond donors (Lipinski definition) is 0. The average molecular weight is 211 g/mol. The maximum atomic E-state index is 11.7. The first kappa shape index (κ1) is 11.6. The lowest BCUT2D eigenvalue weighted by molar-refractivity contribution is 0.0519. The molecule has 0 saturated heterocycles. The standard InChI is InChI=1S/C9H17N5O/c1-7(10-2)8-6-14(12(3)4)9(15)13(5)11-8/h6H2,1-5H3/b10-7+. The quantitative estimate of drug-likeness (QED) is 0.616. The summed E-state index contributed by atoms with van der Waals surface area (Å²) in [6.07, 6.45) is 0. The minimum atomic E-state index is -0.132. The van der Waals surface area contributed by atoms with Gasteiger partial charge in [0.15, 0.2) is 0 Å². The largest absolute Gasteiger partial charge is 0.355 e. The maximum Gasteiger partial charge on any atom is 0.355 e. The van der Waals surface area contributed by atoms with Gasteiger partial charge in [-0.2, -0.15) is 5.10 Å². The minimum Gasteiger partial charge on any atom is -0.291 e. The Balaban J connectivity index is 2.96. The van der Waals surface area contributed by atoms with Crippen molar-refractivity contribution in [3.63, 3.8) is 0 Å². The van der Waals surface area contributed by atoms with E-state index in [1.54, 1.807) is 24.1 Å². The first-order valence-electron chi connectivity index (χ1n) is 4.71. The van der Waals surface area contributed by atoms with Crippen LogP contribution in [0.15, 0.2) is 10.1 Å². The number of hydrazone groups is 1. The van der Waals surface area contributed by atoms with E-state index in [0.717, 1.165) is 11.4 Å². The summed E-state index contributed by atoms with van der Waals surface area (Å²) >= 11 is 0. The fourth-order valence-corrected chi connectivity index (χ4v) is 1.26. The van der Waals surface area contributed by atoms with Crippen molar-refractivity contribution in [2.75, 3.05) is 34.7 Å². The molecule has 0 aliphatic carbocycles. The number of carbonyl (C=O) groups is 1. The first-order chi connectivity index (χ1) is 6.97. The summed E-state index contributed by atoms with van der Waals surface area (Å²) in [5.41, 5.74) is 1.66. The molecule has 6 nitrogen and oxygen atoms in total. The zero-order valence-electron chi connectivity index (χ0n) is 9.85. The van der Waals surface area contributed by atoms with Gasteiger partial charge in [-0.25, -0.2) is 19.8 Å². The Morgan fingerprint density at radius 1 is 1.53 bits per heavy atom. The highest BCUT2D eigenvalue weighted by molar-refractivity contribution is 6.42. The molecule has 0 unspecified atom stereocenters. The molecule has 0 radical (unpaired) electrons. The number of aliphatic imine (C=N–C) groups is 1. The lowest BCUT2D eigenvalue weighted by Gasteiger charge is -2.34. The Bertz CT molecular complexity index is 320. The van der Waals surface area contributed by atoms with Crippen LogP contribution >= 0.6 is 0 Å². The van der Waals surface area contributed by atoms with Crippen LogP contribution in [0.2, 0.25) is 0 Å². The van der Waals surface area contributed by atoms with Gasteiger partial charge in [-0.1, -0.05) is 0 Å². The molecule has 0 saturated carbocycles. The Labute approximate surface area is 89.8 Å². The molecule has 1 aliphatic rings. The van der Waals surface area contributed by atoms with Crippen LogP contribution in [-0.2, 0) is 0 Å². The minimum absolute atomic E-state index is 0.132.